The summed E-state index contributed by atoms with van der Waals surface area (Å²) >= 11 is 0. The van der Waals surface area contributed by atoms with Gasteiger partial charge in [0.2, 0.25) is 5.91 Å². The van der Waals surface area contributed by atoms with Gasteiger partial charge in [-0.1, -0.05) is 12.8 Å². The topological polar surface area (TPSA) is 70.8 Å². The maximum absolute atomic E-state index is 13.2. The number of hydrogen-bond acceptors (Lipinski definition) is 4. The largest absolute Gasteiger partial charge is 0.459 e. The average molecular weight is 370 g/mol. The summed E-state index contributed by atoms with van der Waals surface area (Å²) in [6.07, 6.45) is 4.86. The molecule has 1 aliphatic carbocycles. The Kier molecular flexibility index (Phi) is 4.51. The number of carbonyl (C=O) groups excluding carboxylic acids is 3. The summed E-state index contributed by atoms with van der Waals surface area (Å²) in [4.78, 5) is 41.2. The van der Waals surface area contributed by atoms with Gasteiger partial charge in [0.25, 0.3) is 11.8 Å². The number of nitrogens with zero attached hydrogens (tertiary/aromatic N) is 2. The maximum Gasteiger partial charge on any atom is 0.290 e. The van der Waals surface area contributed by atoms with E-state index in [1.807, 2.05) is 0 Å². The highest BCUT2D eigenvalue weighted by molar-refractivity contribution is 6.23. The lowest BCUT2D eigenvalue weighted by atomic mass is 10.1. The molecule has 4 rings (SSSR count). The van der Waals surface area contributed by atoms with Crippen LogP contribution >= 0.6 is 0 Å². The van der Waals surface area contributed by atoms with Gasteiger partial charge in [-0.3, -0.25) is 14.4 Å². The van der Waals surface area contributed by atoms with Crippen molar-refractivity contribution in [3.8, 4) is 0 Å². The van der Waals surface area contributed by atoms with E-state index < -0.39 is 23.7 Å². The Hall–Kier alpha value is -2.96. The highest BCUT2D eigenvalue weighted by Gasteiger charge is 2.47. The van der Waals surface area contributed by atoms with Crippen molar-refractivity contribution in [3.63, 3.8) is 0 Å². The number of halogens is 1. The lowest BCUT2D eigenvalue weighted by Gasteiger charge is -2.32. The Labute approximate surface area is 155 Å². The Balaban J connectivity index is 1.66. The molecule has 1 saturated heterocycles. The van der Waals surface area contributed by atoms with Crippen molar-refractivity contribution >= 4 is 23.4 Å². The number of furan rings is 1. The number of hydrogen-bond donors (Lipinski definition) is 0. The van der Waals surface area contributed by atoms with E-state index in [0.717, 1.165) is 30.6 Å². The van der Waals surface area contributed by atoms with E-state index in [0.29, 0.717) is 5.69 Å². The zero-order valence-corrected chi connectivity index (χ0v) is 14.6. The zero-order valence-electron chi connectivity index (χ0n) is 14.6. The molecule has 7 heteroatoms. The van der Waals surface area contributed by atoms with Crippen molar-refractivity contribution in [1.29, 1.82) is 0 Å². The SMILES string of the molecule is O=C1CC(N(C(=O)c2ccco2)C2CCCC2)C(=O)N1c1ccc(F)cc1. The van der Waals surface area contributed by atoms with Crippen LogP contribution in [0.1, 0.15) is 42.7 Å². The quantitative estimate of drug-likeness (QED) is 0.776. The molecule has 1 saturated carbocycles. The summed E-state index contributed by atoms with van der Waals surface area (Å²) in [5, 5.41) is 0. The van der Waals surface area contributed by atoms with Crippen molar-refractivity contribution < 1.29 is 23.2 Å². The minimum Gasteiger partial charge on any atom is -0.459 e. The van der Waals surface area contributed by atoms with Gasteiger partial charge in [0.1, 0.15) is 11.9 Å². The fraction of sp³-hybridized carbons (Fsp3) is 0.350. The van der Waals surface area contributed by atoms with E-state index in [1.165, 1.54) is 35.4 Å². The molecule has 0 bridgehead atoms. The lowest BCUT2D eigenvalue weighted by Crippen LogP contribution is -2.50. The minimum absolute atomic E-state index is 0.0842. The molecular weight excluding hydrogens is 351 g/mol. The van der Waals surface area contributed by atoms with Gasteiger partial charge in [-0.2, -0.15) is 0 Å². The second-order valence-electron chi connectivity index (χ2n) is 6.89. The molecule has 140 valence electrons. The highest BCUT2D eigenvalue weighted by Crippen LogP contribution is 2.32. The van der Waals surface area contributed by atoms with Gasteiger partial charge < -0.3 is 9.32 Å². The second-order valence-corrected chi connectivity index (χ2v) is 6.89. The van der Waals surface area contributed by atoms with Crippen molar-refractivity contribution in [1.82, 2.24) is 4.90 Å². The Morgan fingerprint density at radius 1 is 1.11 bits per heavy atom. The van der Waals surface area contributed by atoms with E-state index in [-0.39, 0.29) is 24.1 Å². The average Bonchev–Trinajstić information content (AvgIpc) is 3.40. The van der Waals surface area contributed by atoms with Gasteiger partial charge in [0.05, 0.1) is 18.4 Å². The number of amides is 3. The smallest absolute Gasteiger partial charge is 0.290 e. The lowest BCUT2D eigenvalue weighted by molar-refractivity contribution is -0.123. The summed E-state index contributed by atoms with van der Waals surface area (Å²) in [5.74, 6) is -1.53. The molecule has 1 aromatic carbocycles. The second kappa shape index (κ2) is 6.98. The Morgan fingerprint density at radius 2 is 1.81 bits per heavy atom. The first-order valence-electron chi connectivity index (χ1n) is 9.05. The van der Waals surface area contributed by atoms with Crippen LogP contribution in [0.25, 0.3) is 0 Å². The molecule has 0 N–H and O–H groups in total. The molecule has 3 amide bonds. The van der Waals surface area contributed by atoms with Crippen molar-refractivity contribution in [2.45, 2.75) is 44.2 Å². The molecule has 0 spiro atoms. The molecule has 2 fully saturated rings. The predicted molar refractivity (Wildman–Crippen MR) is 94.4 cm³/mol. The van der Waals surface area contributed by atoms with Crippen LogP contribution in [-0.4, -0.2) is 34.7 Å². The molecule has 27 heavy (non-hydrogen) atoms. The molecule has 2 aromatic rings. The third kappa shape index (κ3) is 3.13. The first kappa shape index (κ1) is 17.5. The summed E-state index contributed by atoms with van der Waals surface area (Å²) in [7, 11) is 0. The Morgan fingerprint density at radius 3 is 2.44 bits per heavy atom. The maximum atomic E-state index is 13.2. The number of anilines is 1. The number of benzene rings is 1. The van der Waals surface area contributed by atoms with E-state index in [1.54, 1.807) is 12.1 Å². The van der Waals surface area contributed by atoms with Crippen molar-refractivity contribution in [2.24, 2.45) is 0 Å². The molecule has 2 aliphatic rings. The van der Waals surface area contributed by atoms with Crippen molar-refractivity contribution in [3.05, 3.63) is 54.2 Å². The summed E-state index contributed by atoms with van der Waals surface area (Å²) < 4.78 is 18.4. The van der Waals surface area contributed by atoms with Crippen LogP contribution in [0.4, 0.5) is 10.1 Å². The molecule has 1 aromatic heterocycles. The van der Waals surface area contributed by atoms with E-state index in [4.69, 9.17) is 4.42 Å². The van der Waals surface area contributed by atoms with Crippen LogP contribution < -0.4 is 4.90 Å². The standard InChI is InChI=1S/C20H19FN2O4/c21-13-7-9-15(10-8-13)23-18(24)12-16(19(23)25)22(14-4-1-2-5-14)20(26)17-6-3-11-27-17/h3,6-11,14,16H,1-2,4-5,12H2. The van der Waals surface area contributed by atoms with Crippen LogP contribution in [0.3, 0.4) is 0 Å². The van der Waals surface area contributed by atoms with Gasteiger partial charge in [0.15, 0.2) is 5.76 Å². The number of imide groups is 1. The fourth-order valence-corrected chi connectivity index (χ4v) is 3.97. The third-order valence-corrected chi connectivity index (χ3v) is 5.23. The summed E-state index contributed by atoms with van der Waals surface area (Å²) in [6, 6.07) is 7.39. The van der Waals surface area contributed by atoms with E-state index in [9.17, 15) is 18.8 Å². The van der Waals surface area contributed by atoms with Crippen LogP contribution in [0.15, 0.2) is 47.1 Å². The van der Waals surface area contributed by atoms with Gasteiger partial charge in [-0.25, -0.2) is 9.29 Å². The third-order valence-electron chi connectivity index (χ3n) is 5.23. The van der Waals surface area contributed by atoms with Crippen LogP contribution in [0.2, 0.25) is 0 Å². The highest BCUT2D eigenvalue weighted by atomic mass is 19.1. The molecule has 0 radical (unpaired) electrons. The predicted octanol–water partition coefficient (Wildman–Crippen LogP) is 3.14. The van der Waals surface area contributed by atoms with Crippen LogP contribution in [0.5, 0.6) is 0 Å². The number of carbonyl (C=O) groups is 3. The molecule has 2 heterocycles. The Bertz CT molecular complexity index is 857. The van der Waals surface area contributed by atoms with Gasteiger partial charge in [-0.15, -0.1) is 0 Å². The first-order valence-corrected chi connectivity index (χ1v) is 9.05. The van der Waals surface area contributed by atoms with Crippen LogP contribution in [0, 0.1) is 5.82 Å². The fourth-order valence-electron chi connectivity index (χ4n) is 3.97. The normalized spacial score (nSPS) is 20.5. The van der Waals surface area contributed by atoms with Crippen molar-refractivity contribution in [2.75, 3.05) is 4.90 Å². The number of rotatable bonds is 4. The van der Waals surface area contributed by atoms with E-state index >= 15 is 0 Å². The van der Waals surface area contributed by atoms with Gasteiger partial charge in [-0.05, 0) is 49.2 Å². The van der Waals surface area contributed by atoms with Crippen LogP contribution in [-0.2, 0) is 9.59 Å². The monoisotopic (exact) mass is 370 g/mol. The molecule has 6 nitrogen and oxygen atoms in total. The summed E-state index contributed by atoms with van der Waals surface area (Å²) in [6.45, 7) is 0. The molecule has 1 aliphatic heterocycles. The van der Waals surface area contributed by atoms with Gasteiger partial charge in [0, 0.05) is 6.04 Å². The van der Waals surface area contributed by atoms with Gasteiger partial charge >= 0.3 is 0 Å². The molecule has 1 atom stereocenters. The first-order chi connectivity index (χ1) is 13.1. The molecular formula is C20H19FN2O4. The summed E-state index contributed by atoms with van der Waals surface area (Å²) in [5.41, 5.74) is 0.311. The van der Waals surface area contributed by atoms with E-state index in [2.05, 4.69) is 0 Å². The zero-order chi connectivity index (χ0) is 19.0. The molecule has 1 unspecified atom stereocenters. The minimum atomic E-state index is -0.872.